The quantitative estimate of drug-likeness (QED) is 0.903. The molecule has 1 saturated heterocycles. The molecule has 1 aromatic rings. The number of nitrogens with zero attached hydrogens (tertiary/aromatic N) is 2. The highest BCUT2D eigenvalue weighted by Gasteiger charge is 2.32. The number of sulfonamides is 1. The summed E-state index contributed by atoms with van der Waals surface area (Å²) in [5.74, 6) is 0. The fraction of sp³-hybridized carbons (Fsp3) is 0.583. The Hall–Kier alpha value is -0.630. The topological polar surface area (TPSA) is 76.3 Å². The monoisotopic (exact) mass is 301 g/mol. The average molecular weight is 301 g/mol. The second kappa shape index (κ2) is 5.78. The van der Waals surface area contributed by atoms with Crippen LogP contribution in [0.5, 0.6) is 0 Å². The van der Waals surface area contributed by atoms with Crippen LogP contribution in [0, 0.1) is 0 Å². The van der Waals surface area contributed by atoms with Gasteiger partial charge in [0.15, 0.2) is 5.03 Å². The zero-order valence-corrected chi connectivity index (χ0v) is 12.7. The fourth-order valence-electron chi connectivity index (χ4n) is 2.14. The summed E-state index contributed by atoms with van der Waals surface area (Å²) >= 11 is 1.82. The number of pyridine rings is 1. The predicted molar refractivity (Wildman–Crippen MR) is 77.4 cm³/mol. The van der Waals surface area contributed by atoms with Crippen molar-refractivity contribution in [1.29, 1.82) is 0 Å². The van der Waals surface area contributed by atoms with Crippen LogP contribution in [0.3, 0.4) is 0 Å². The van der Waals surface area contributed by atoms with E-state index in [1.165, 1.54) is 16.6 Å². The van der Waals surface area contributed by atoms with Gasteiger partial charge in [-0.2, -0.15) is 16.1 Å². The number of aromatic nitrogens is 1. The number of hydrogen-bond acceptors (Lipinski definition) is 5. The standard InChI is InChI=1S/C12H19N3O2S2/c1-9-7-15(8-10(2)18-9)19(16,17)12-4-3-11(5-13)6-14-12/h3-4,6,9-10H,5,7-8,13H2,1-2H3. The molecule has 1 aliphatic rings. The van der Waals surface area contributed by atoms with Crippen molar-refractivity contribution in [2.45, 2.75) is 35.9 Å². The SMILES string of the molecule is CC1CN(S(=O)(=O)c2ccc(CN)cn2)CC(C)S1. The number of nitrogens with two attached hydrogens (primary N) is 1. The minimum absolute atomic E-state index is 0.107. The smallest absolute Gasteiger partial charge is 0.260 e. The lowest BCUT2D eigenvalue weighted by Gasteiger charge is -2.33. The van der Waals surface area contributed by atoms with Crippen molar-refractivity contribution < 1.29 is 8.42 Å². The molecule has 0 saturated carbocycles. The Morgan fingerprint density at radius 1 is 1.37 bits per heavy atom. The molecule has 2 rings (SSSR count). The molecular formula is C12H19N3O2S2. The van der Waals surface area contributed by atoms with Gasteiger partial charge in [0.25, 0.3) is 10.0 Å². The highest BCUT2D eigenvalue weighted by molar-refractivity contribution is 8.00. The molecule has 2 heterocycles. The molecule has 2 atom stereocenters. The van der Waals surface area contributed by atoms with E-state index in [1.807, 2.05) is 25.6 Å². The molecule has 0 radical (unpaired) electrons. The number of thioether (sulfide) groups is 1. The summed E-state index contributed by atoms with van der Waals surface area (Å²) in [5.41, 5.74) is 6.31. The van der Waals surface area contributed by atoms with E-state index in [0.717, 1.165) is 5.56 Å². The maximum atomic E-state index is 12.5. The van der Waals surface area contributed by atoms with Gasteiger partial charge >= 0.3 is 0 Å². The van der Waals surface area contributed by atoms with E-state index in [4.69, 9.17) is 5.73 Å². The van der Waals surface area contributed by atoms with Gasteiger partial charge in [-0.25, -0.2) is 13.4 Å². The Morgan fingerprint density at radius 3 is 2.47 bits per heavy atom. The lowest BCUT2D eigenvalue weighted by atomic mass is 10.3. The molecule has 0 aromatic carbocycles. The fourth-order valence-corrected chi connectivity index (χ4v) is 5.19. The zero-order chi connectivity index (χ0) is 14.0. The van der Waals surface area contributed by atoms with E-state index in [9.17, 15) is 8.42 Å². The second-order valence-electron chi connectivity index (χ2n) is 4.79. The minimum atomic E-state index is -3.48. The van der Waals surface area contributed by atoms with Crippen molar-refractivity contribution in [3.05, 3.63) is 23.9 Å². The molecule has 106 valence electrons. The van der Waals surface area contributed by atoms with Gasteiger partial charge in [0.1, 0.15) is 0 Å². The number of rotatable bonds is 3. The van der Waals surface area contributed by atoms with Crippen molar-refractivity contribution in [1.82, 2.24) is 9.29 Å². The summed E-state index contributed by atoms with van der Waals surface area (Å²) in [4.78, 5) is 4.03. The first-order valence-electron chi connectivity index (χ1n) is 6.24. The van der Waals surface area contributed by atoms with Gasteiger partial charge in [-0.3, -0.25) is 0 Å². The molecule has 1 aliphatic heterocycles. The van der Waals surface area contributed by atoms with Crippen LogP contribution < -0.4 is 5.73 Å². The molecule has 19 heavy (non-hydrogen) atoms. The van der Waals surface area contributed by atoms with Gasteiger partial charge in [-0.05, 0) is 11.6 Å². The lowest BCUT2D eigenvalue weighted by molar-refractivity contribution is 0.403. The lowest BCUT2D eigenvalue weighted by Crippen LogP contribution is -2.44. The minimum Gasteiger partial charge on any atom is -0.326 e. The van der Waals surface area contributed by atoms with Gasteiger partial charge in [-0.15, -0.1) is 0 Å². The molecule has 1 aromatic heterocycles. The summed E-state index contributed by atoms with van der Waals surface area (Å²) in [6.07, 6.45) is 1.53. The Bertz CT molecular complexity index is 520. The normalized spacial score (nSPS) is 25.4. The van der Waals surface area contributed by atoms with E-state index in [1.54, 1.807) is 6.07 Å². The van der Waals surface area contributed by atoms with Gasteiger partial charge in [0, 0.05) is 36.3 Å². The Balaban J connectivity index is 2.25. The van der Waals surface area contributed by atoms with E-state index in [-0.39, 0.29) is 5.03 Å². The molecule has 0 amide bonds. The third-order valence-electron chi connectivity index (χ3n) is 3.02. The third-order valence-corrected chi connectivity index (χ3v) is 6.00. The third kappa shape index (κ3) is 3.28. The van der Waals surface area contributed by atoms with Gasteiger partial charge in [0.05, 0.1) is 0 Å². The molecule has 5 nitrogen and oxygen atoms in total. The van der Waals surface area contributed by atoms with Crippen molar-refractivity contribution in [2.24, 2.45) is 5.73 Å². The van der Waals surface area contributed by atoms with Crippen molar-refractivity contribution >= 4 is 21.8 Å². The van der Waals surface area contributed by atoms with Gasteiger partial charge < -0.3 is 5.73 Å². The van der Waals surface area contributed by atoms with E-state index < -0.39 is 10.0 Å². The van der Waals surface area contributed by atoms with Crippen LogP contribution in [-0.4, -0.2) is 41.3 Å². The van der Waals surface area contributed by atoms with Crippen molar-refractivity contribution in [3.8, 4) is 0 Å². The van der Waals surface area contributed by atoms with Crippen LogP contribution in [-0.2, 0) is 16.6 Å². The summed E-state index contributed by atoms with van der Waals surface area (Å²) in [7, 11) is -3.48. The van der Waals surface area contributed by atoms with E-state index >= 15 is 0 Å². The van der Waals surface area contributed by atoms with Crippen LogP contribution in [0.2, 0.25) is 0 Å². The van der Waals surface area contributed by atoms with Crippen LogP contribution in [0.4, 0.5) is 0 Å². The zero-order valence-electron chi connectivity index (χ0n) is 11.1. The first-order chi connectivity index (χ1) is 8.93. The first-order valence-corrected chi connectivity index (χ1v) is 8.62. The summed E-state index contributed by atoms with van der Waals surface area (Å²) < 4.78 is 26.5. The summed E-state index contributed by atoms with van der Waals surface area (Å²) in [6, 6.07) is 3.25. The van der Waals surface area contributed by atoms with Crippen LogP contribution in [0.25, 0.3) is 0 Å². The number of hydrogen-bond donors (Lipinski definition) is 1. The summed E-state index contributed by atoms with van der Waals surface area (Å²) in [5, 5.41) is 0.722. The predicted octanol–water partition coefficient (Wildman–Crippen LogP) is 1.05. The van der Waals surface area contributed by atoms with E-state index in [2.05, 4.69) is 4.98 Å². The molecule has 2 unspecified atom stereocenters. The Kier molecular flexibility index (Phi) is 4.50. The van der Waals surface area contributed by atoms with Crippen LogP contribution in [0.15, 0.2) is 23.4 Å². The Labute approximate surface area is 118 Å². The van der Waals surface area contributed by atoms with Gasteiger partial charge in [-0.1, -0.05) is 19.9 Å². The molecule has 0 aliphatic carbocycles. The maximum Gasteiger partial charge on any atom is 0.260 e. The highest BCUT2D eigenvalue weighted by Crippen LogP contribution is 2.28. The van der Waals surface area contributed by atoms with Gasteiger partial charge in [0.2, 0.25) is 0 Å². The van der Waals surface area contributed by atoms with Crippen molar-refractivity contribution in [2.75, 3.05) is 13.1 Å². The maximum absolute atomic E-state index is 12.5. The Morgan fingerprint density at radius 2 is 2.00 bits per heavy atom. The molecular weight excluding hydrogens is 282 g/mol. The first kappa shape index (κ1) is 14.8. The molecule has 0 bridgehead atoms. The second-order valence-corrected chi connectivity index (χ2v) is 8.55. The van der Waals surface area contributed by atoms with Crippen LogP contribution in [0.1, 0.15) is 19.4 Å². The van der Waals surface area contributed by atoms with Crippen LogP contribution >= 0.6 is 11.8 Å². The van der Waals surface area contributed by atoms with E-state index in [0.29, 0.717) is 30.1 Å². The molecule has 2 N–H and O–H groups in total. The van der Waals surface area contributed by atoms with Crippen molar-refractivity contribution in [3.63, 3.8) is 0 Å². The molecule has 7 heteroatoms. The average Bonchev–Trinajstić information content (AvgIpc) is 2.37. The molecule has 1 fully saturated rings. The highest BCUT2D eigenvalue weighted by atomic mass is 32.2. The molecule has 0 spiro atoms. The largest absolute Gasteiger partial charge is 0.326 e. The summed E-state index contributed by atoms with van der Waals surface area (Å²) in [6.45, 7) is 5.54.